The van der Waals surface area contributed by atoms with Gasteiger partial charge in [0.05, 0.1) is 29.7 Å². The van der Waals surface area contributed by atoms with E-state index in [-0.39, 0.29) is 43.0 Å². The van der Waals surface area contributed by atoms with Gasteiger partial charge in [0.25, 0.3) is 11.5 Å². The van der Waals surface area contributed by atoms with Crippen molar-refractivity contribution >= 4 is 22.5 Å². The molecule has 3 heterocycles. The molecule has 2 aliphatic rings. The average Bonchev–Trinajstić information content (AvgIpc) is 3.26. The van der Waals surface area contributed by atoms with Crippen molar-refractivity contribution in [1.29, 1.82) is 0 Å². The van der Waals surface area contributed by atoms with E-state index in [1.54, 1.807) is 24.3 Å². The Labute approximate surface area is 189 Å². The third-order valence-corrected chi connectivity index (χ3v) is 5.80. The molecule has 1 atom stereocenters. The Morgan fingerprint density at radius 1 is 1.12 bits per heavy atom. The number of rotatable bonds is 3. The Kier molecular flexibility index (Phi) is 5.31. The summed E-state index contributed by atoms with van der Waals surface area (Å²) < 4.78 is 53.5. The number of benzene rings is 2. The van der Waals surface area contributed by atoms with Gasteiger partial charge in [-0.2, -0.15) is 18.3 Å². The average molecular weight is 474 g/mol. The molecule has 1 amide bonds. The highest BCUT2D eigenvalue weighted by molar-refractivity contribution is 5.98. The molecule has 176 valence electrons. The second kappa shape index (κ2) is 8.20. The number of nitrogens with zero attached hydrogens (tertiary/aromatic N) is 4. The van der Waals surface area contributed by atoms with Crippen molar-refractivity contribution in [3.63, 3.8) is 0 Å². The van der Waals surface area contributed by atoms with E-state index >= 15 is 0 Å². The van der Waals surface area contributed by atoms with E-state index in [4.69, 9.17) is 0 Å². The number of hydrazine groups is 1. The number of alkyl halides is 3. The number of nitrogens with one attached hydrogen (secondary N) is 2. The maximum Gasteiger partial charge on any atom is 0.425 e. The van der Waals surface area contributed by atoms with E-state index in [0.717, 1.165) is 0 Å². The van der Waals surface area contributed by atoms with Gasteiger partial charge < -0.3 is 4.90 Å². The number of fused-ring (bicyclic) bond motifs is 2. The van der Waals surface area contributed by atoms with Crippen molar-refractivity contribution < 1.29 is 22.4 Å². The fourth-order valence-electron chi connectivity index (χ4n) is 4.10. The van der Waals surface area contributed by atoms with Crippen LogP contribution in [0.2, 0.25) is 0 Å². The molecule has 2 aliphatic heterocycles. The van der Waals surface area contributed by atoms with Gasteiger partial charge >= 0.3 is 6.18 Å². The van der Waals surface area contributed by atoms with Crippen LogP contribution in [0.1, 0.15) is 21.6 Å². The van der Waals surface area contributed by atoms with E-state index in [1.807, 2.05) is 0 Å². The molecule has 1 unspecified atom stereocenters. The summed E-state index contributed by atoms with van der Waals surface area (Å²) in [6, 6.07) is 11.0. The smallest absolute Gasteiger partial charge is 0.329 e. The summed E-state index contributed by atoms with van der Waals surface area (Å²) >= 11 is 0. The number of hydrogen-bond acceptors (Lipinski definition) is 6. The summed E-state index contributed by atoms with van der Waals surface area (Å²) in [5, 5.41) is 8.92. The lowest BCUT2D eigenvalue weighted by molar-refractivity contribution is -0.158. The molecule has 34 heavy (non-hydrogen) atoms. The second-order valence-electron chi connectivity index (χ2n) is 8.03. The van der Waals surface area contributed by atoms with Crippen LogP contribution in [0.15, 0.2) is 52.3 Å². The quantitative estimate of drug-likeness (QED) is 0.568. The number of aromatic amines is 1. The maximum atomic E-state index is 14.6. The van der Waals surface area contributed by atoms with Gasteiger partial charge in [-0.25, -0.2) is 19.9 Å². The molecule has 5 rings (SSSR count). The van der Waals surface area contributed by atoms with Crippen LogP contribution in [0.5, 0.6) is 0 Å². The molecule has 12 heteroatoms. The third-order valence-electron chi connectivity index (χ3n) is 5.80. The monoisotopic (exact) mass is 474 g/mol. The Hall–Kier alpha value is -3.80. The molecule has 2 aromatic carbocycles. The number of amides is 1. The highest BCUT2D eigenvalue weighted by Crippen LogP contribution is 2.26. The molecule has 0 bridgehead atoms. The van der Waals surface area contributed by atoms with Gasteiger partial charge in [-0.1, -0.05) is 24.3 Å². The first kappa shape index (κ1) is 22.0. The van der Waals surface area contributed by atoms with Gasteiger partial charge in [0.15, 0.2) is 0 Å². The first-order chi connectivity index (χ1) is 16.2. The van der Waals surface area contributed by atoms with Gasteiger partial charge in [-0.05, 0) is 23.8 Å². The number of aromatic nitrogens is 2. The van der Waals surface area contributed by atoms with Crippen LogP contribution in [0.3, 0.4) is 0 Å². The number of carbonyl (C=O) groups is 1. The lowest BCUT2D eigenvalue weighted by Crippen LogP contribution is -2.55. The van der Waals surface area contributed by atoms with E-state index < -0.39 is 24.1 Å². The molecule has 1 aromatic heterocycles. The molecule has 1 fully saturated rings. The largest absolute Gasteiger partial charge is 0.425 e. The highest BCUT2D eigenvalue weighted by Gasteiger charge is 2.46. The van der Waals surface area contributed by atoms with Crippen LogP contribution in [-0.2, 0) is 6.42 Å². The molecule has 2 N–H and O–H groups in total. The zero-order chi connectivity index (χ0) is 24.0. The zero-order valence-electron chi connectivity index (χ0n) is 17.6. The first-order valence-corrected chi connectivity index (χ1v) is 10.4. The highest BCUT2D eigenvalue weighted by atomic mass is 19.4. The summed E-state index contributed by atoms with van der Waals surface area (Å²) in [6.07, 6.45) is -6.38. The maximum absolute atomic E-state index is 14.6. The summed E-state index contributed by atoms with van der Waals surface area (Å²) in [5.41, 5.74) is 2.88. The van der Waals surface area contributed by atoms with Crippen LogP contribution in [-0.4, -0.2) is 63.8 Å². The number of piperazine rings is 1. The predicted molar refractivity (Wildman–Crippen MR) is 115 cm³/mol. The van der Waals surface area contributed by atoms with Crippen LogP contribution in [0, 0.1) is 5.82 Å². The summed E-state index contributed by atoms with van der Waals surface area (Å²) in [7, 11) is 0. The fraction of sp³-hybridized carbons (Fsp3) is 0.273. The summed E-state index contributed by atoms with van der Waals surface area (Å²) in [5.74, 6) is -1.31. The van der Waals surface area contributed by atoms with E-state index in [9.17, 15) is 27.2 Å². The minimum atomic E-state index is -4.56. The summed E-state index contributed by atoms with van der Waals surface area (Å²) in [4.78, 5) is 29.9. The number of hydrogen-bond donors (Lipinski definition) is 2. The van der Waals surface area contributed by atoms with Crippen molar-refractivity contribution in [1.82, 2.24) is 25.5 Å². The van der Waals surface area contributed by atoms with Gasteiger partial charge in [0.2, 0.25) is 6.17 Å². The molecule has 1 saturated heterocycles. The van der Waals surface area contributed by atoms with Crippen molar-refractivity contribution in [2.24, 2.45) is 4.99 Å². The van der Waals surface area contributed by atoms with Crippen LogP contribution in [0.25, 0.3) is 10.8 Å². The van der Waals surface area contributed by atoms with Crippen LogP contribution in [0.4, 0.5) is 17.6 Å². The number of halogens is 4. The van der Waals surface area contributed by atoms with Gasteiger partial charge in [0.1, 0.15) is 11.7 Å². The molecule has 0 saturated carbocycles. The van der Waals surface area contributed by atoms with E-state index in [0.29, 0.717) is 22.0 Å². The van der Waals surface area contributed by atoms with Crippen molar-refractivity contribution in [2.45, 2.75) is 18.8 Å². The molecular formula is C22H18F4N6O2. The lowest BCUT2D eigenvalue weighted by Gasteiger charge is -2.34. The number of amidine groups is 1. The summed E-state index contributed by atoms with van der Waals surface area (Å²) in [6.45, 7) is 0.0190. The molecule has 0 spiro atoms. The normalized spacial score (nSPS) is 18.2. The molecule has 0 aliphatic carbocycles. The Balaban J connectivity index is 1.39. The third kappa shape index (κ3) is 4.00. The number of carbonyl (C=O) groups excluding carboxylic acids is 1. The van der Waals surface area contributed by atoms with Crippen LogP contribution >= 0.6 is 0 Å². The van der Waals surface area contributed by atoms with Gasteiger partial charge in [-0.15, -0.1) is 0 Å². The Morgan fingerprint density at radius 3 is 2.65 bits per heavy atom. The SMILES string of the molecule is O=C(c1cc(Cc2n[nH]c(=O)c3ccccc23)ccc1F)N1CCN2NC(C(F)(F)F)N=C2C1. The van der Waals surface area contributed by atoms with E-state index in [2.05, 4.69) is 20.6 Å². The van der Waals surface area contributed by atoms with Crippen molar-refractivity contribution in [3.8, 4) is 0 Å². The minimum absolute atomic E-state index is 0.0717. The first-order valence-electron chi connectivity index (χ1n) is 10.4. The molecule has 0 radical (unpaired) electrons. The van der Waals surface area contributed by atoms with Crippen molar-refractivity contribution in [2.75, 3.05) is 19.6 Å². The Morgan fingerprint density at radius 2 is 1.88 bits per heavy atom. The number of H-pyrrole nitrogens is 1. The van der Waals surface area contributed by atoms with Crippen LogP contribution < -0.4 is 11.0 Å². The Bertz CT molecular complexity index is 1370. The zero-order valence-corrected chi connectivity index (χ0v) is 17.6. The second-order valence-corrected chi connectivity index (χ2v) is 8.03. The topological polar surface area (TPSA) is 93.7 Å². The fourth-order valence-corrected chi connectivity index (χ4v) is 4.10. The van der Waals surface area contributed by atoms with Crippen molar-refractivity contribution in [3.05, 3.63) is 75.5 Å². The standard InChI is InChI=1S/C22H18F4N6O2/c23-16-6-5-12(10-17-13-3-1-2-4-14(13)19(33)29-28-17)9-15(16)20(34)31-7-8-32-18(11-31)27-21(30-32)22(24,25)26/h1-6,9,21,30H,7-8,10-11H2,(H,29,33). The van der Waals surface area contributed by atoms with E-state index in [1.165, 1.54) is 28.1 Å². The molecule has 3 aromatic rings. The molecule has 8 nitrogen and oxygen atoms in total. The number of aliphatic imine (C=N–C) groups is 1. The minimum Gasteiger partial charge on any atom is -0.329 e. The van der Waals surface area contributed by atoms with Gasteiger partial charge in [-0.3, -0.25) is 14.6 Å². The predicted octanol–water partition coefficient (Wildman–Crippen LogP) is 2.22. The lowest BCUT2D eigenvalue weighted by atomic mass is 10.0. The molecular weight excluding hydrogens is 456 g/mol. The van der Waals surface area contributed by atoms with Gasteiger partial charge in [0, 0.05) is 18.4 Å².